The maximum absolute atomic E-state index is 12.2. The van der Waals surface area contributed by atoms with Crippen molar-refractivity contribution in [3.05, 3.63) is 0 Å². The number of hydrogen-bond acceptors (Lipinski definition) is 3. The van der Waals surface area contributed by atoms with Gasteiger partial charge in [0.05, 0.1) is 0 Å². The number of rotatable bonds is 11. The van der Waals surface area contributed by atoms with Gasteiger partial charge in [-0.2, -0.15) is 0 Å². The third kappa shape index (κ3) is 13.4. The largest absolute Gasteiger partial charge is 0.459 e. The molecule has 132 valence electrons. The van der Waals surface area contributed by atoms with Crippen LogP contribution in [0.25, 0.3) is 0 Å². The Kier molecular flexibility index (Phi) is 11.1. The van der Waals surface area contributed by atoms with E-state index >= 15 is 0 Å². The van der Waals surface area contributed by atoms with E-state index in [0.29, 0.717) is 12.3 Å². The molecular formula is C17H32F2O2S. The lowest BCUT2D eigenvalue weighted by Crippen LogP contribution is -2.31. The van der Waals surface area contributed by atoms with Crippen molar-refractivity contribution in [2.75, 3.05) is 5.75 Å². The topological polar surface area (TPSA) is 26.3 Å². The number of ether oxygens (including phenoxy) is 1. The maximum Gasteiger partial charge on any atom is 0.319 e. The molecule has 0 spiro atoms. The molecular weight excluding hydrogens is 306 g/mol. The highest BCUT2D eigenvalue weighted by atomic mass is 32.2. The van der Waals surface area contributed by atoms with Gasteiger partial charge in [-0.15, -0.1) is 11.8 Å². The molecule has 0 aliphatic heterocycles. The molecule has 0 rings (SSSR count). The number of carbonyl (C=O) groups is 1. The Morgan fingerprint density at radius 1 is 1.09 bits per heavy atom. The highest BCUT2D eigenvalue weighted by molar-refractivity contribution is 8.00. The summed E-state index contributed by atoms with van der Waals surface area (Å²) >= 11 is 1.64. The minimum absolute atomic E-state index is 0.00102. The molecule has 1 unspecified atom stereocenters. The van der Waals surface area contributed by atoms with Crippen LogP contribution in [0.4, 0.5) is 8.78 Å². The van der Waals surface area contributed by atoms with Gasteiger partial charge in [-0.25, -0.2) is 8.78 Å². The average molecular weight is 339 g/mol. The highest BCUT2D eigenvalue weighted by Crippen LogP contribution is 2.24. The van der Waals surface area contributed by atoms with Crippen molar-refractivity contribution in [2.45, 2.75) is 90.4 Å². The summed E-state index contributed by atoms with van der Waals surface area (Å²) in [6.45, 7) is 9.84. The average Bonchev–Trinajstić information content (AvgIpc) is 2.33. The van der Waals surface area contributed by atoms with Gasteiger partial charge in [-0.05, 0) is 51.7 Å². The quantitative estimate of drug-likeness (QED) is 0.357. The number of esters is 1. The van der Waals surface area contributed by atoms with Crippen LogP contribution in [-0.4, -0.2) is 29.0 Å². The lowest BCUT2D eigenvalue weighted by atomic mass is 10.1. The van der Waals surface area contributed by atoms with Crippen LogP contribution in [0.5, 0.6) is 0 Å². The van der Waals surface area contributed by atoms with E-state index in [1.54, 1.807) is 11.8 Å². The summed E-state index contributed by atoms with van der Waals surface area (Å²) in [5.74, 6) is 1.19. The number of unbranched alkanes of at least 4 members (excludes halogenated alkanes) is 3. The fraction of sp³-hybridized carbons (Fsp3) is 0.941. The Balaban J connectivity index is 4.02. The highest BCUT2D eigenvalue weighted by Gasteiger charge is 2.26. The van der Waals surface area contributed by atoms with Gasteiger partial charge in [0.2, 0.25) is 6.43 Å². The summed E-state index contributed by atoms with van der Waals surface area (Å²) in [6.07, 6.45) is 1.97. The van der Waals surface area contributed by atoms with E-state index in [-0.39, 0.29) is 17.6 Å². The van der Waals surface area contributed by atoms with Gasteiger partial charge in [0, 0.05) is 6.42 Å². The molecule has 0 fully saturated rings. The Morgan fingerprint density at radius 2 is 1.68 bits per heavy atom. The van der Waals surface area contributed by atoms with Crippen molar-refractivity contribution < 1.29 is 18.3 Å². The first-order chi connectivity index (χ1) is 10.1. The first-order valence-electron chi connectivity index (χ1n) is 8.24. The van der Waals surface area contributed by atoms with Crippen molar-refractivity contribution in [1.29, 1.82) is 0 Å². The predicted octanol–water partition coefficient (Wildman–Crippen LogP) is 5.69. The summed E-state index contributed by atoms with van der Waals surface area (Å²) < 4.78 is 29.5. The standard InChI is InChI=1S/C17H32F2O2S/c1-13(2)12-14(16(20)21-17(3,4)5)22-11-9-7-6-8-10-15(18)19/h13-15H,6-12H2,1-5H3. The smallest absolute Gasteiger partial charge is 0.319 e. The third-order valence-corrected chi connectivity index (χ3v) is 4.30. The zero-order chi connectivity index (χ0) is 17.2. The summed E-state index contributed by atoms with van der Waals surface area (Å²) in [4.78, 5) is 12.2. The molecule has 0 aromatic carbocycles. The Bertz CT molecular complexity index is 302. The van der Waals surface area contributed by atoms with Gasteiger partial charge >= 0.3 is 5.97 Å². The molecule has 0 amide bonds. The normalized spacial score (nSPS) is 13.7. The Hall–Kier alpha value is -0.320. The van der Waals surface area contributed by atoms with Crippen molar-refractivity contribution in [3.8, 4) is 0 Å². The first kappa shape index (κ1) is 21.7. The van der Waals surface area contributed by atoms with E-state index in [4.69, 9.17) is 4.74 Å². The zero-order valence-electron chi connectivity index (χ0n) is 14.7. The summed E-state index contributed by atoms with van der Waals surface area (Å²) in [7, 11) is 0. The molecule has 1 atom stereocenters. The number of carbonyl (C=O) groups excluding carboxylic acids is 1. The monoisotopic (exact) mass is 338 g/mol. The molecule has 0 bridgehead atoms. The number of thioether (sulfide) groups is 1. The Labute approximate surface area is 138 Å². The van der Waals surface area contributed by atoms with Crippen LogP contribution >= 0.6 is 11.8 Å². The van der Waals surface area contributed by atoms with Gasteiger partial charge in [0.25, 0.3) is 0 Å². The molecule has 0 saturated carbocycles. The summed E-state index contributed by atoms with van der Waals surface area (Å²) in [5.41, 5.74) is -0.456. The summed E-state index contributed by atoms with van der Waals surface area (Å²) in [5, 5.41) is -0.125. The Morgan fingerprint density at radius 3 is 2.18 bits per heavy atom. The molecule has 0 radical (unpaired) electrons. The van der Waals surface area contributed by atoms with Crippen LogP contribution in [0.15, 0.2) is 0 Å². The van der Waals surface area contributed by atoms with Crippen LogP contribution < -0.4 is 0 Å². The first-order valence-corrected chi connectivity index (χ1v) is 9.29. The van der Waals surface area contributed by atoms with Crippen molar-refractivity contribution >= 4 is 17.7 Å². The van der Waals surface area contributed by atoms with E-state index in [1.165, 1.54) is 0 Å². The minimum atomic E-state index is -2.18. The number of alkyl halides is 2. The molecule has 5 heteroatoms. The van der Waals surface area contributed by atoms with E-state index in [1.807, 2.05) is 20.8 Å². The molecule has 0 saturated heterocycles. The molecule has 22 heavy (non-hydrogen) atoms. The van der Waals surface area contributed by atoms with Crippen LogP contribution in [-0.2, 0) is 9.53 Å². The van der Waals surface area contributed by atoms with Gasteiger partial charge in [-0.3, -0.25) is 4.79 Å². The molecule has 0 N–H and O–H groups in total. The van der Waals surface area contributed by atoms with Gasteiger partial charge in [0.15, 0.2) is 0 Å². The van der Waals surface area contributed by atoms with Crippen molar-refractivity contribution in [1.82, 2.24) is 0 Å². The molecule has 0 aromatic rings. The maximum atomic E-state index is 12.2. The zero-order valence-corrected chi connectivity index (χ0v) is 15.5. The van der Waals surface area contributed by atoms with Crippen LogP contribution in [0.1, 0.15) is 73.1 Å². The third-order valence-electron chi connectivity index (χ3n) is 2.99. The predicted molar refractivity (Wildman–Crippen MR) is 90.6 cm³/mol. The van der Waals surface area contributed by atoms with Crippen molar-refractivity contribution in [2.24, 2.45) is 5.92 Å². The molecule has 0 aromatic heterocycles. The van der Waals surface area contributed by atoms with Crippen LogP contribution in [0.3, 0.4) is 0 Å². The van der Waals surface area contributed by atoms with E-state index in [9.17, 15) is 13.6 Å². The second kappa shape index (κ2) is 11.3. The summed E-state index contributed by atoms with van der Waals surface area (Å²) in [6, 6.07) is 0. The lowest BCUT2D eigenvalue weighted by Gasteiger charge is -2.24. The number of hydrogen-bond donors (Lipinski definition) is 0. The number of halogens is 2. The lowest BCUT2D eigenvalue weighted by molar-refractivity contribution is -0.154. The van der Waals surface area contributed by atoms with E-state index in [0.717, 1.165) is 31.4 Å². The second-order valence-corrected chi connectivity index (χ2v) is 8.43. The molecule has 0 heterocycles. The van der Waals surface area contributed by atoms with E-state index < -0.39 is 12.0 Å². The van der Waals surface area contributed by atoms with Crippen LogP contribution in [0, 0.1) is 5.92 Å². The van der Waals surface area contributed by atoms with Gasteiger partial charge in [0.1, 0.15) is 10.9 Å². The molecule has 0 aliphatic rings. The second-order valence-electron chi connectivity index (χ2n) is 7.12. The fourth-order valence-electron chi connectivity index (χ4n) is 2.01. The van der Waals surface area contributed by atoms with Crippen molar-refractivity contribution in [3.63, 3.8) is 0 Å². The SMILES string of the molecule is CC(C)CC(SCCCCCCC(F)F)C(=O)OC(C)(C)C. The van der Waals surface area contributed by atoms with Crippen LogP contribution in [0.2, 0.25) is 0 Å². The minimum Gasteiger partial charge on any atom is -0.459 e. The fourth-order valence-corrected chi connectivity index (χ4v) is 3.37. The van der Waals surface area contributed by atoms with Gasteiger partial charge < -0.3 is 4.74 Å². The molecule has 0 aliphatic carbocycles. The van der Waals surface area contributed by atoms with E-state index in [2.05, 4.69) is 13.8 Å². The molecule has 2 nitrogen and oxygen atoms in total. The van der Waals surface area contributed by atoms with Gasteiger partial charge in [-0.1, -0.05) is 26.7 Å².